The molecule has 8 heteroatoms. The number of nitrogens with one attached hydrogen (secondary N) is 1. The van der Waals surface area contributed by atoms with Crippen molar-refractivity contribution in [2.45, 2.75) is 44.0 Å². The highest BCUT2D eigenvalue weighted by molar-refractivity contribution is 7.92. The predicted octanol–water partition coefficient (Wildman–Crippen LogP) is 4.77. The van der Waals surface area contributed by atoms with Crippen LogP contribution in [-0.2, 0) is 21.4 Å². The van der Waals surface area contributed by atoms with E-state index in [1.165, 1.54) is 17.7 Å². The van der Waals surface area contributed by atoms with Crippen LogP contribution in [0.25, 0.3) is 0 Å². The fourth-order valence-corrected chi connectivity index (χ4v) is 5.73. The third kappa shape index (κ3) is 7.05. The number of likely N-dealkylation sites (tertiary alicyclic amines) is 1. The Bertz CT molecular complexity index is 1300. The monoisotopic (exact) mass is 518 g/mol. The van der Waals surface area contributed by atoms with Crippen LogP contribution in [0.3, 0.4) is 0 Å². The van der Waals surface area contributed by atoms with Crippen LogP contribution in [0.4, 0.5) is 5.69 Å². The summed E-state index contributed by atoms with van der Waals surface area (Å²) < 4.78 is 28.1. The summed E-state index contributed by atoms with van der Waals surface area (Å²) >= 11 is 0. The minimum absolute atomic E-state index is 0.132. The lowest BCUT2D eigenvalue weighted by Crippen LogP contribution is -2.40. The van der Waals surface area contributed by atoms with E-state index >= 15 is 0 Å². The van der Waals surface area contributed by atoms with E-state index in [0.717, 1.165) is 48.1 Å². The fraction of sp³-hybridized carbons (Fsp3) is 0.310. The van der Waals surface area contributed by atoms with Crippen LogP contribution >= 0.6 is 0 Å². The van der Waals surface area contributed by atoms with E-state index in [1.54, 1.807) is 30.3 Å². The maximum absolute atomic E-state index is 13.5. The molecule has 0 bridgehead atoms. The molecule has 3 aromatic rings. The zero-order valence-electron chi connectivity index (χ0n) is 21.4. The van der Waals surface area contributed by atoms with Gasteiger partial charge in [-0.15, -0.1) is 0 Å². The van der Waals surface area contributed by atoms with Crippen molar-refractivity contribution in [1.29, 1.82) is 0 Å². The van der Waals surface area contributed by atoms with Crippen molar-refractivity contribution in [2.75, 3.05) is 23.9 Å². The third-order valence-electron chi connectivity index (χ3n) is 6.49. The summed E-state index contributed by atoms with van der Waals surface area (Å²) in [5, 5.41) is 4.33. The molecule has 1 saturated heterocycles. The molecule has 3 aromatic carbocycles. The molecule has 1 aliphatic heterocycles. The second-order valence-corrected chi connectivity index (χ2v) is 11.4. The van der Waals surface area contributed by atoms with Crippen molar-refractivity contribution in [3.05, 3.63) is 96.1 Å². The van der Waals surface area contributed by atoms with Crippen LogP contribution in [0.5, 0.6) is 0 Å². The summed E-state index contributed by atoms with van der Waals surface area (Å²) in [6, 6.07) is 25.8. The lowest BCUT2D eigenvalue weighted by molar-refractivity contribution is -0.119. The molecule has 0 atom stereocenters. The number of hydrogen-bond acceptors (Lipinski definition) is 5. The Labute approximate surface area is 219 Å². The standard InChI is InChI=1S/C29H34N4O3S/c1-23(2)25-13-15-27(16-14-25)33(37(35,36)28-11-7-4-8-12-28)22-29(34)31-30-26-17-19-32(20-18-26)21-24-9-5-3-6-10-24/h3-16,23H,17-22H2,1-2H3,(H,31,34). The summed E-state index contributed by atoms with van der Waals surface area (Å²) in [4.78, 5) is 15.4. The second-order valence-electron chi connectivity index (χ2n) is 9.55. The van der Waals surface area contributed by atoms with Crippen molar-refractivity contribution in [3.8, 4) is 0 Å². The zero-order chi connectivity index (χ0) is 26.3. The number of sulfonamides is 1. The number of carbonyl (C=O) groups is 1. The first-order chi connectivity index (χ1) is 17.8. The van der Waals surface area contributed by atoms with Crippen LogP contribution in [0, 0.1) is 0 Å². The molecule has 0 saturated carbocycles. The lowest BCUT2D eigenvalue weighted by Gasteiger charge is -2.27. The summed E-state index contributed by atoms with van der Waals surface area (Å²) in [6.45, 7) is 6.40. The van der Waals surface area contributed by atoms with Crippen LogP contribution in [-0.4, -0.2) is 44.6 Å². The molecule has 1 aliphatic rings. The van der Waals surface area contributed by atoms with Crippen LogP contribution in [0.2, 0.25) is 0 Å². The Morgan fingerprint density at radius 1 is 0.919 bits per heavy atom. The fourth-order valence-electron chi connectivity index (χ4n) is 4.29. The highest BCUT2D eigenvalue weighted by atomic mass is 32.2. The van der Waals surface area contributed by atoms with Crippen molar-refractivity contribution in [1.82, 2.24) is 10.3 Å². The topological polar surface area (TPSA) is 82.1 Å². The summed E-state index contributed by atoms with van der Waals surface area (Å²) in [7, 11) is -3.95. The Morgan fingerprint density at radius 3 is 2.11 bits per heavy atom. The van der Waals surface area contributed by atoms with Gasteiger partial charge in [-0.1, -0.05) is 74.5 Å². The van der Waals surface area contributed by atoms with Gasteiger partial charge in [0.15, 0.2) is 0 Å². The number of amides is 1. The van der Waals surface area contributed by atoms with Crippen LogP contribution in [0.15, 0.2) is 94.9 Å². The van der Waals surface area contributed by atoms with Gasteiger partial charge in [-0.2, -0.15) is 5.10 Å². The maximum Gasteiger partial charge on any atom is 0.264 e. The van der Waals surface area contributed by atoms with Gasteiger partial charge in [0, 0.05) is 38.2 Å². The highest BCUT2D eigenvalue weighted by Crippen LogP contribution is 2.25. The minimum atomic E-state index is -3.95. The number of piperidine rings is 1. The van der Waals surface area contributed by atoms with E-state index in [2.05, 4.69) is 41.4 Å². The first kappa shape index (κ1) is 26.6. The van der Waals surface area contributed by atoms with Crippen molar-refractivity contribution in [2.24, 2.45) is 5.10 Å². The SMILES string of the molecule is CC(C)c1ccc(N(CC(=O)NN=C2CCN(Cc3ccccc3)CC2)S(=O)(=O)c2ccccc2)cc1. The summed E-state index contributed by atoms with van der Waals surface area (Å²) in [5.41, 5.74) is 6.31. The zero-order valence-corrected chi connectivity index (χ0v) is 22.2. The van der Waals surface area contributed by atoms with Crippen molar-refractivity contribution in [3.63, 3.8) is 0 Å². The molecule has 1 fully saturated rings. The van der Waals surface area contributed by atoms with Gasteiger partial charge >= 0.3 is 0 Å². The lowest BCUT2D eigenvalue weighted by atomic mass is 10.0. The quantitative estimate of drug-likeness (QED) is 0.414. The number of carbonyl (C=O) groups excluding carboxylic acids is 1. The van der Waals surface area contributed by atoms with Gasteiger partial charge in [-0.3, -0.25) is 14.0 Å². The Balaban J connectivity index is 1.43. The normalized spacial score (nSPS) is 14.4. The van der Waals surface area contributed by atoms with Gasteiger partial charge in [-0.25, -0.2) is 13.8 Å². The van der Waals surface area contributed by atoms with E-state index in [-0.39, 0.29) is 11.4 Å². The number of anilines is 1. The van der Waals surface area contributed by atoms with Crippen LogP contribution < -0.4 is 9.73 Å². The van der Waals surface area contributed by atoms with E-state index in [9.17, 15) is 13.2 Å². The van der Waals surface area contributed by atoms with E-state index < -0.39 is 15.9 Å². The largest absolute Gasteiger partial charge is 0.298 e. The minimum Gasteiger partial charge on any atom is -0.298 e. The third-order valence-corrected chi connectivity index (χ3v) is 8.28. The number of rotatable bonds is 9. The van der Waals surface area contributed by atoms with Crippen LogP contribution in [0.1, 0.15) is 43.7 Å². The van der Waals surface area contributed by atoms with E-state index in [0.29, 0.717) is 11.6 Å². The van der Waals surface area contributed by atoms with E-state index in [1.807, 2.05) is 30.3 Å². The number of benzene rings is 3. The summed E-state index contributed by atoms with van der Waals surface area (Å²) in [5.74, 6) is -0.168. The molecule has 1 heterocycles. The molecule has 0 aromatic heterocycles. The smallest absolute Gasteiger partial charge is 0.264 e. The van der Waals surface area contributed by atoms with Gasteiger partial charge in [0.1, 0.15) is 6.54 Å². The van der Waals surface area contributed by atoms with Crippen molar-refractivity contribution >= 4 is 27.3 Å². The van der Waals surface area contributed by atoms with Gasteiger partial charge in [-0.05, 0) is 41.3 Å². The molecule has 194 valence electrons. The molecule has 0 radical (unpaired) electrons. The molecule has 0 aliphatic carbocycles. The van der Waals surface area contributed by atoms with Gasteiger partial charge < -0.3 is 0 Å². The molecule has 1 amide bonds. The molecule has 0 spiro atoms. The predicted molar refractivity (Wildman–Crippen MR) is 148 cm³/mol. The molecular weight excluding hydrogens is 484 g/mol. The molecule has 37 heavy (non-hydrogen) atoms. The van der Waals surface area contributed by atoms with Crippen molar-refractivity contribution < 1.29 is 13.2 Å². The summed E-state index contributed by atoms with van der Waals surface area (Å²) in [6.07, 6.45) is 1.52. The highest BCUT2D eigenvalue weighted by Gasteiger charge is 2.27. The molecule has 0 unspecified atom stereocenters. The van der Waals surface area contributed by atoms with Gasteiger partial charge in [0.25, 0.3) is 15.9 Å². The number of hydrazone groups is 1. The maximum atomic E-state index is 13.5. The Morgan fingerprint density at radius 2 is 1.51 bits per heavy atom. The Hall–Kier alpha value is -3.49. The number of hydrogen-bond donors (Lipinski definition) is 1. The average Bonchev–Trinajstić information content (AvgIpc) is 2.92. The van der Waals surface area contributed by atoms with Gasteiger partial charge in [0.05, 0.1) is 10.6 Å². The molecule has 1 N–H and O–H groups in total. The first-order valence-electron chi connectivity index (χ1n) is 12.6. The molecule has 7 nitrogen and oxygen atoms in total. The molecular formula is C29H34N4O3S. The van der Waals surface area contributed by atoms with Gasteiger partial charge in [0.2, 0.25) is 0 Å². The molecule has 4 rings (SSSR count). The second kappa shape index (κ2) is 12.2. The van der Waals surface area contributed by atoms with E-state index in [4.69, 9.17) is 0 Å². The average molecular weight is 519 g/mol. The first-order valence-corrected chi connectivity index (χ1v) is 14.1. The number of nitrogens with zero attached hydrogens (tertiary/aromatic N) is 3. The Kier molecular flexibility index (Phi) is 8.74.